The summed E-state index contributed by atoms with van der Waals surface area (Å²) < 4.78 is 15.9. The number of aliphatic hydroxyl groups excluding tert-OH is 1. The number of carbonyl (C=O) groups is 13. The van der Waals surface area contributed by atoms with Crippen molar-refractivity contribution in [1.29, 1.82) is 0 Å². The van der Waals surface area contributed by atoms with Gasteiger partial charge in [0.15, 0.2) is 0 Å². The molecule has 0 saturated heterocycles. The molecule has 11 amide bonds. The zero-order chi connectivity index (χ0) is 71.4. The lowest BCUT2D eigenvalue weighted by molar-refractivity contribution is -0.142. The summed E-state index contributed by atoms with van der Waals surface area (Å²) in [5.74, 6) is -16.0. The number of hydrogen-bond donors (Lipinski definition) is 20. The summed E-state index contributed by atoms with van der Waals surface area (Å²) in [5, 5.41) is 73.2. The van der Waals surface area contributed by atoms with Gasteiger partial charge in [0.05, 0.1) is 25.1 Å². The van der Waals surface area contributed by atoms with E-state index in [4.69, 9.17) is 17.2 Å². The Bertz CT molecular complexity index is 3220. The van der Waals surface area contributed by atoms with Crippen LogP contribution in [0.5, 0.6) is 17.2 Å². The van der Waals surface area contributed by atoms with Crippen molar-refractivity contribution in [3.05, 3.63) is 89.5 Å². The fraction of sp³-hybridized carbons (Fsp3) is 0.475. The van der Waals surface area contributed by atoms with Crippen molar-refractivity contribution in [1.82, 2.24) is 53.2 Å². The number of amides is 11. The molecule has 3 aromatic rings. The number of aromatic hydroxyl groups is 2. The molecule has 0 aliphatic heterocycles. The number of unbranched alkanes of at least 4 members (excludes halogenated alkanes) is 1. The summed E-state index contributed by atoms with van der Waals surface area (Å²) >= 11 is 0. The molecule has 0 fully saturated rings. The van der Waals surface area contributed by atoms with E-state index in [-0.39, 0.29) is 60.6 Å². The molecule has 0 aliphatic rings. The Morgan fingerprint density at radius 3 is 1.35 bits per heavy atom. The molecule has 0 bridgehead atoms. The highest BCUT2D eigenvalue weighted by Gasteiger charge is 2.37. The standard InChI is InChI=1S/C59H84N13O22P/c1-29(2)48(57(87)69-42(53(83)64-31(4)59(89)90)26-35-13-19-38(20-14-35)94-95(91,92)93)71-56(86)44(27-45(62)76)68-54(84)41(24-33-9-15-36(74)16-10-33)65-46(77)28-63-51(81)40(21-22-47(78)79)67-52(82)39(8-6-7-23-60)66-55(85)43(25-34-11-17-37(75)18-12-34)70-58(88)49(32(5)73)72-50(80)30(3)61/h9-20,29-32,39-44,48-49,73-75H,6-8,21-28,60-61H2,1-5H3,(H2,62,76)(H,63,81)(H,64,83)(H,65,77)(H,66,85)(H,67,82)(H,68,84)(H,69,87)(H,70,88)(H,71,86)(H,72,80)(H,78,79)(H,89,90)(H2,91,92,93)/t30-,31-,32+,39-,40-,41-,42-,43-,44-,48-,49-/m0/s1. The average Bonchev–Trinajstić information content (AvgIpc) is 0.888. The Labute approximate surface area is 544 Å². The van der Waals surface area contributed by atoms with Gasteiger partial charge in [0, 0.05) is 25.7 Å². The second-order valence-electron chi connectivity index (χ2n) is 22.5. The number of benzene rings is 3. The lowest BCUT2D eigenvalue weighted by Gasteiger charge is -2.28. The third-order valence-corrected chi connectivity index (χ3v) is 14.5. The molecular weight excluding hydrogens is 1270 g/mol. The molecule has 35 nitrogen and oxygen atoms in total. The minimum Gasteiger partial charge on any atom is -0.508 e. The summed E-state index contributed by atoms with van der Waals surface area (Å²) in [6, 6.07) is -0.210. The highest BCUT2D eigenvalue weighted by Crippen LogP contribution is 2.37. The maximum absolute atomic E-state index is 14.3. The Morgan fingerprint density at radius 2 is 0.916 bits per heavy atom. The molecule has 11 atom stereocenters. The van der Waals surface area contributed by atoms with Crippen LogP contribution in [0.25, 0.3) is 0 Å². The Morgan fingerprint density at radius 1 is 0.505 bits per heavy atom. The Hall–Kier alpha value is -9.80. The third kappa shape index (κ3) is 28.9. The normalized spacial score (nSPS) is 14.7. The first-order valence-corrected chi connectivity index (χ1v) is 31.3. The molecule has 0 radical (unpaired) electrons. The van der Waals surface area contributed by atoms with E-state index in [1.54, 1.807) is 0 Å². The number of phenols is 2. The number of carboxylic acids is 2. The first-order valence-electron chi connectivity index (χ1n) is 29.7. The quantitative estimate of drug-likeness (QED) is 0.0188. The number of phenolic OH excluding ortho intramolecular Hbond substituents is 2. The summed E-state index contributed by atoms with van der Waals surface area (Å²) in [7, 11) is -4.96. The summed E-state index contributed by atoms with van der Waals surface area (Å²) in [6.45, 7) is 5.75. The van der Waals surface area contributed by atoms with Gasteiger partial charge < -0.3 is 100 Å². The van der Waals surface area contributed by atoms with Crippen molar-refractivity contribution in [3.63, 3.8) is 0 Å². The van der Waals surface area contributed by atoms with E-state index in [9.17, 15) is 102 Å². The topological polar surface area (TPSA) is 588 Å². The number of primary amides is 1. The number of hydrogen-bond acceptors (Lipinski definition) is 20. The zero-order valence-electron chi connectivity index (χ0n) is 52.6. The largest absolute Gasteiger partial charge is 0.524 e. The first-order chi connectivity index (χ1) is 44.5. The predicted molar refractivity (Wildman–Crippen MR) is 334 cm³/mol. The number of nitrogens with two attached hydrogens (primary N) is 3. The highest BCUT2D eigenvalue weighted by atomic mass is 31.2. The van der Waals surface area contributed by atoms with Gasteiger partial charge in [-0.1, -0.05) is 50.2 Å². The van der Waals surface area contributed by atoms with Crippen LogP contribution in [-0.2, 0) is 86.2 Å². The van der Waals surface area contributed by atoms with Crippen molar-refractivity contribution in [2.45, 2.75) is 159 Å². The van der Waals surface area contributed by atoms with Gasteiger partial charge in [-0.15, -0.1) is 0 Å². The Kier molecular flexibility index (Phi) is 32.1. The molecule has 3 aromatic carbocycles. The van der Waals surface area contributed by atoms with Gasteiger partial charge in [-0.25, -0.2) is 4.57 Å². The second kappa shape index (κ2) is 38.4. The van der Waals surface area contributed by atoms with Crippen molar-refractivity contribution >= 4 is 84.7 Å². The molecule has 0 saturated carbocycles. The first kappa shape index (κ1) is 79.4. The van der Waals surface area contributed by atoms with Crippen LogP contribution < -0.4 is 74.9 Å². The van der Waals surface area contributed by atoms with Gasteiger partial charge in [0.1, 0.15) is 71.6 Å². The van der Waals surface area contributed by atoms with Crippen LogP contribution in [0.2, 0.25) is 0 Å². The van der Waals surface area contributed by atoms with E-state index < -0.39 is 189 Å². The van der Waals surface area contributed by atoms with Crippen molar-refractivity contribution in [2.75, 3.05) is 13.1 Å². The maximum atomic E-state index is 14.3. The molecular formula is C59H84N13O22P. The maximum Gasteiger partial charge on any atom is 0.524 e. The number of aliphatic carboxylic acids is 2. The van der Waals surface area contributed by atoms with Crippen LogP contribution in [0.3, 0.4) is 0 Å². The summed E-state index contributed by atoms with van der Waals surface area (Å²) in [4.78, 5) is 192. The van der Waals surface area contributed by atoms with Gasteiger partial charge in [-0.05, 0) is 112 Å². The molecule has 23 N–H and O–H groups in total. The molecule has 95 heavy (non-hydrogen) atoms. The smallest absolute Gasteiger partial charge is 0.508 e. The van der Waals surface area contributed by atoms with Gasteiger partial charge in [-0.2, -0.15) is 0 Å². The summed E-state index contributed by atoms with van der Waals surface area (Å²) in [6.07, 6.45) is -4.45. The van der Waals surface area contributed by atoms with Crippen LogP contribution in [0.1, 0.15) is 89.8 Å². The number of phosphoric ester groups is 1. The number of phosphoric acid groups is 1. The van der Waals surface area contributed by atoms with E-state index in [1.165, 1.54) is 88.4 Å². The minimum atomic E-state index is -4.96. The van der Waals surface area contributed by atoms with Gasteiger partial charge in [0.25, 0.3) is 0 Å². The van der Waals surface area contributed by atoms with Crippen LogP contribution >= 0.6 is 7.82 Å². The third-order valence-electron chi connectivity index (χ3n) is 14.0. The average molecular weight is 1360 g/mol. The second-order valence-corrected chi connectivity index (χ2v) is 23.7. The Balaban J connectivity index is 1.91. The number of carbonyl (C=O) groups excluding carboxylic acids is 11. The van der Waals surface area contributed by atoms with Crippen molar-refractivity contribution in [2.24, 2.45) is 23.1 Å². The number of aliphatic hydroxyl groups is 1. The SMILES string of the molecule is CC(C)[C@H](NC(=O)[C@H](CC(N)=O)NC(=O)[C@H](Cc1ccc(O)cc1)NC(=O)CNC(=O)[C@H](CCC(=O)O)NC(=O)[C@H](CCCCN)NC(=O)[C@H](Cc1ccc(O)cc1)NC(=O)[C@@H](NC(=O)[C@H](C)N)[C@@H](C)O)C(=O)N[C@@H](Cc1ccc(OP(=O)(O)O)cc1)C(=O)N[C@@H](C)C(=O)O. The number of carboxylic acid groups (broad SMARTS) is 2. The molecule has 0 heterocycles. The molecule has 0 aromatic heterocycles. The predicted octanol–water partition coefficient (Wildman–Crippen LogP) is -4.57. The van der Waals surface area contributed by atoms with E-state index in [0.29, 0.717) is 12.0 Å². The molecule has 522 valence electrons. The van der Waals surface area contributed by atoms with Crippen LogP contribution in [0.15, 0.2) is 72.8 Å². The van der Waals surface area contributed by atoms with Gasteiger partial charge >= 0.3 is 19.8 Å². The van der Waals surface area contributed by atoms with E-state index in [2.05, 4.69) is 57.7 Å². The molecule has 0 aliphatic carbocycles. The highest BCUT2D eigenvalue weighted by molar-refractivity contribution is 7.46. The fourth-order valence-corrected chi connectivity index (χ4v) is 9.26. The summed E-state index contributed by atoms with van der Waals surface area (Å²) in [5.41, 5.74) is 17.8. The van der Waals surface area contributed by atoms with Crippen molar-refractivity contribution < 1.29 is 107 Å². The van der Waals surface area contributed by atoms with Crippen LogP contribution in [0.4, 0.5) is 0 Å². The molecule has 0 unspecified atom stereocenters. The number of rotatable bonds is 40. The molecule has 3 rings (SSSR count). The fourth-order valence-electron chi connectivity index (χ4n) is 8.86. The monoisotopic (exact) mass is 1360 g/mol. The van der Waals surface area contributed by atoms with Crippen molar-refractivity contribution in [3.8, 4) is 17.2 Å². The van der Waals surface area contributed by atoms with E-state index in [0.717, 1.165) is 19.1 Å². The molecule has 36 heteroatoms. The van der Waals surface area contributed by atoms with E-state index in [1.807, 2.05) is 0 Å². The van der Waals surface area contributed by atoms with E-state index >= 15 is 0 Å². The van der Waals surface area contributed by atoms with Crippen LogP contribution in [0, 0.1) is 5.92 Å². The lowest BCUT2D eigenvalue weighted by Crippen LogP contribution is -2.61. The minimum absolute atomic E-state index is 0.137. The van der Waals surface area contributed by atoms with Gasteiger partial charge in [0.2, 0.25) is 65.0 Å². The zero-order valence-corrected chi connectivity index (χ0v) is 53.5. The van der Waals surface area contributed by atoms with Crippen LogP contribution in [-0.4, -0.2) is 192 Å². The number of nitrogens with one attached hydrogen (secondary N) is 10. The lowest BCUT2D eigenvalue weighted by atomic mass is 10.00. The molecule has 0 spiro atoms. The van der Waals surface area contributed by atoms with Gasteiger partial charge in [-0.3, -0.25) is 72.1 Å².